The third kappa shape index (κ3) is 5.07. The number of hydrogen-bond donors (Lipinski definition) is 2. The van der Waals surface area contributed by atoms with Crippen LogP contribution in [0.2, 0.25) is 15.1 Å². The quantitative estimate of drug-likeness (QED) is 0.314. The molecule has 2 N–H and O–H groups in total. The van der Waals surface area contributed by atoms with Crippen molar-refractivity contribution in [2.45, 2.75) is 17.9 Å². The van der Waals surface area contributed by atoms with Crippen LogP contribution < -0.4 is 10.0 Å². The van der Waals surface area contributed by atoms with Gasteiger partial charge < -0.3 is 5.32 Å². The molecule has 3 aromatic carbocycles. The zero-order valence-corrected chi connectivity index (χ0v) is 20.7. The van der Waals surface area contributed by atoms with Gasteiger partial charge in [-0.15, -0.1) is 0 Å². The molecule has 12 heteroatoms. The lowest BCUT2D eigenvalue weighted by Gasteiger charge is -2.18. The molecule has 0 aliphatic carbocycles. The molecule has 4 rings (SSSR count). The molecule has 0 fully saturated rings. The first kappa shape index (κ1) is 23.7. The van der Waals surface area contributed by atoms with Crippen LogP contribution >= 0.6 is 46.5 Å². The van der Waals surface area contributed by atoms with Crippen molar-refractivity contribution in [2.75, 3.05) is 4.72 Å². The lowest BCUT2D eigenvalue weighted by Crippen LogP contribution is -2.28. The number of nitrogens with zero attached hydrogens (tertiary/aromatic N) is 2. The number of rotatable bonds is 6. The number of anilines is 1. The van der Waals surface area contributed by atoms with Crippen LogP contribution in [0.15, 0.2) is 59.5 Å². The van der Waals surface area contributed by atoms with E-state index >= 15 is 0 Å². The summed E-state index contributed by atoms with van der Waals surface area (Å²) < 4.78 is 36.9. The van der Waals surface area contributed by atoms with E-state index in [0.717, 1.165) is 11.7 Å². The summed E-state index contributed by atoms with van der Waals surface area (Å²) in [5.74, 6) is -0.540. The maximum absolute atomic E-state index is 13.1. The van der Waals surface area contributed by atoms with Crippen LogP contribution in [-0.2, 0) is 10.0 Å². The van der Waals surface area contributed by atoms with E-state index in [9.17, 15) is 13.2 Å². The Balaban J connectivity index is 1.65. The lowest BCUT2D eigenvalue weighted by atomic mass is 10.1. The minimum absolute atomic E-state index is 0.0450. The van der Waals surface area contributed by atoms with Crippen LogP contribution in [0.3, 0.4) is 0 Å². The van der Waals surface area contributed by atoms with E-state index in [1.807, 2.05) is 0 Å². The highest BCUT2D eigenvalue weighted by Gasteiger charge is 2.23. The fourth-order valence-electron chi connectivity index (χ4n) is 3.20. The normalized spacial score (nSPS) is 12.5. The van der Waals surface area contributed by atoms with Crippen molar-refractivity contribution in [1.29, 1.82) is 0 Å². The molecule has 0 bridgehead atoms. The fourth-order valence-corrected chi connectivity index (χ4v) is 5.79. The summed E-state index contributed by atoms with van der Waals surface area (Å²) in [5, 5.41) is 3.95. The number of sulfonamides is 1. The number of fused-ring (bicyclic) bond motifs is 1. The highest BCUT2D eigenvalue weighted by atomic mass is 35.5. The Morgan fingerprint density at radius 2 is 1.73 bits per heavy atom. The van der Waals surface area contributed by atoms with E-state index in [1.165, 1.54) is 24.3 Å². The highest BCUT2D eigenvalue weighted by molar-refractivity contribution is 7.93. The summed E-state index contributed by atoms with van der Waals surface area (Å²) in [7, 11) is -4.08. The summed E-state index contributed by atoms with van der Waals surface area (Å²) >= 11 is 19.2. The Labute approximate surface area is 209 Å². The van der Waals surface area contributed by atoms with Crippen LogP contribution in [0.5, 0.6) is 0 Å². The predicted molar refractivity (Wildman–Crippen MR) is 132 cm³/mol. The third-order valence-corrected chi connectivity index (χ3v) is 7.52. The second-order valence-corrected chi connectivity index (χ2v) is 10.5. The number of aromatic nitrogens is 2. The summed E-state index contributed by atoms with van der Waals surface area (Å²) in [5.41, 5.74) is 1.48. The Morgan fingerprint density at radius 3 is 2.48 bits per heavy atom. The molecule has 1 aromatic heterocycles. The molecule has 0 radical (unpaired) electrons. The number of nitrogens with one attached hydrogen (secondary N) is 2. The molecule has 1 atom stereocenters. The number of halogens is 3. The first-order valence-electron chi connectivity index (χ1n) is 9.45. The standard InChI is InChI=1S/C21H15Cl3N4O3S2/c1-11(14-7-5-13(23)10-16(14)24)25-21(29)15-9-12(22)6-8-17(15)28-33(30,31)19-4-2-3-18-20(19)27-32-26-18/h2-11,28H,1H3,(H,25,29)/t11-/m1/s1. The largest absolute Gasteiger partial charge is 0.345 e. The molecule has 4 aromatic rings. The van der Waals surface area contributed by atoms with Gasteiger partial charge in [-0.3, -0.25) is 9.52 Å². The van der Waals surface area contributed by atoms with Crippen molar-refractivity contribution in [1.82, 2.24) is 14.1 Å². The summed E-state index contributed by atoms with van der Waals surface area (Å²) in [6.45, 7) is 1.75. The Kier molecular flexibility index (Phi) is 6.78. The Hall–Kier alpha value is -2.43. The SMILES string of the molecule is C[C@@H](NC(=O)c1cc(Cl)ccc1NS(=O)(=O)c1cccc2nsnc12)c1ccc(Cl)cc1Cl. The van der Waals surface area contributed by atoms with Crippen LogP contribution in [0.25, 0.3) is 11.0 Å². The van der Waals surface area contributed by atoms with E-state index in [4.69, 9.17) is 34.8 Å². The van der Waals surface area contributed by atoms with Crippen LogP contribution in [0.4, 0.5) is 5.69 Å². The van der Waals surface area contributed by atoms with Gasteiger partial charge in [-0.1, -0.05) is 46.9 Å². The minimum Gasteiger partial charge on any atom is -0.345 e. The average molecular weight is 542 g/mol. The zero-order chi connectivity index (χ0) is 23.8. The molecular weight excluding hydrogens is 527 g/mol. The van der Waals surface area contributed by atoms with Crippen molar-refractivity contribution in [3.05, 3.63) is 80.8 Å². The summed E-state index contributed by atoms with van der Waals surface area (Å²) in [6.07, 6.45) is 0. The molecule has 0 saturated heterocycles. The van der Waals surface area contributed by atoms with Crippen LogP contribution in [0.1, 0.15) is 28.9 Å². The molecule has 1 heterocycles. The topological polar surface area (TPSA) is 101 Å². The van der Waals surface area contributed by atoms with Crippen molar-refractivity contribution in [2.24, 2.45) is 0 Å². The van der Waals surface area contributed by atoms with Gasteiger partial charge in [0.05, 0.1) is 29.0 Å². The van der Waals surface area contributed by atoms with Gasteiger partial charge in [-0.2, -0.15) is 8.75 Å². The predicted octanol–water partition coefficient (Wildman–Crippen LogP) is 5.94. The molecule has 0 saturated carbocycles. The maximum atomic E-state index is 13.1. The molecule has 0 spiro atoms. The number of carbonyl (C=O) groups excluding carboxylic acids is 1. The van der Waals surface area contributed by atoms with Gasteiger partial charge in [0.2, 0.25) is 0 Å². The third-order valence-electron chi connectivity index (χ3n) is 4.79. The van der Waals surface area contributed by atoms with Crippen LogP contribution in [-0.4, -0.2) is 23.1 Å². The van der Waals surface area contributed by atoms with E-state index in [-0.39, 0.29) is 26.7 Å². The van der Waals surface area contributed by atoms with Gasteiger partial charge in [-0.05, 0) is 55.0 Å². The molecule has 170 valence electrons. The second kappa shape index (κ2) is 9.44. The zero-order valence-electron chi connectivity index (χ0n) is 16.8. The lowest BCUT2D eigenvalue weighted by molar-refractivity contribution is 0.0941. The van der Waals surface area contributed by atoms with Crippen molar-refractivity contribution < 1.29 is 13.2 Å². The van der Waals surface area contributed by atoms with Crippen molar-refractivity contribution in [3.63, 3.8) is 0 Å². The Morgan fingerprint density at radius 1 is 1.00 bits per heavy atom. The van der Waals surface area contributed by atoms with E-state index in [2.05, 4.69) is 18.8 Å². The summed E-state index contributed by atoms with van der Waals surface area (Å²) in [6, 6.07) is 13.4. The minimum atomic E-state index is -4.08. The summed E-state index contributed by atoms with van der Waals surface area (Å²) in [4.78, 5) is 13.0. The second-order valence-electron chi connectivity index (χ2n) is 7.04. The first-order valence-corrected chi connectivity index (χ1v) is 12.8. The van der Waals surface area contributed by atoms with E-state index in [0.29, 0.717) is 21.1 Å². The van der Waals surface area contributed by atoms with Gasteiger partial charge in [-0.25, -0.2) is 8.42 Å². The van der Waals surface area contributed by atoms with Gasteiger partial charge in [0.25, 0.3) is 15.9 Å². The Bertz CT molecular complexity index is 1470. The fraction of sp³-hybridized carbons (Fsp3) is 0.0952. The van der Waals surface area contributed by atoms with Gasteiger partial charge >= 0.3 is 0 Å². The smallest absolute Gasteiger partial charge is 0.264 e. The highest BCUT2D eigenvalue weighted by Crippen LogP contribution is 2.29. The number of carbonyl (C=O) groups is 1. The molecule has 0 unspecified atom stereocenters. The van der Waals surface area contributed by atoms with Crippen molar-refractivity contribution >= 4 is 79.2 Å². The van der Waals surface area contributed by atoms with E-state index < -0.39 is 22.0 Å². The van der Waals surface area contributed by atoms with E-state index in [1.54, 1.807) is 37.3 Å². The molecule has 0 aliphatic rings. The first-order chi connectivity index (χ1) is 15.7. The molecule has 7 nitrogen and oxygen atoms in total. The molecular formula is C21H15Cl3N4O3S2. The number of benzene rings is 3. The number of amides is 1. The molecule has 33 heavy (non-hydrogen) atoms. The van der Waals surface area contributed by atoms with Crippen molar-refractivity contribution in [3.8, 4) is 0 Å². The monoisotopic (exact) mass is 540 g/mol. The maximum Gasteiger partial charge on any atom is 0.264 e. The number of hydrogen-bond acceptors (Lipinski definition) is 6. The van der Waals surface area contributed by atoms with Gasteiger partial charge in [0, 0.05) is 15.1 Å². The average Bonchev–Trinajstić information content (AvgIpc) is 3.23. The van der Waals surface area contributed by atoms with Gasteiger partial charge in [0.15, 0.2) is 0 Å². The van der Waals surface area contributed by atoms with Gasteiger partial charge in [0.1, 0.15) is 15.9 Å². The molecule has 1 amide bonds. The molecule has 0 aliphatic heterocycles. The van der Waals surface area contributed by atoms with Crippen LogP contribution in [0, 0.1) is 0 Å².